The first kappa shape index (κ1) is 12.3. The summed E-state index contributed by atoms with van der Waals surface area (Å²) >= 11 is 0. The van der Waals surface area contributed by atoms with Gasteiger partial charge in [-0.25, -0.2) is 9.97 Å². The van der Waals surface area contributed by atoms with E-state index in [9.17, 15) is 0 Å². The molecule has 20 heavy (non-hydrogen) atoms. The fourth-order valence-electron chi connectivity index (χ4n) is 3.26. The van der Waals surface area contributed by atoms with E-state index in [0.717, 1.165) is 43.2 Å². The van der Waals surface area contributed by atoms with E-state index in [1.807, 2.05) is 6.20 Å². The van der Waals surface area contributed by atoms with E-state index in [1.165, 1.54) is 24.8 Å². The van der Waals surface area contributed by atoms with Gasteiger partial charge in [-0.2, -0.15) is 0 Å². The minimum absolute atomic E-state index is 0.443. The summed E-state index contributed by atoms with van der Waals surface area (Å²) in [5, 5.41) is 1.14. The Morgan fingerprint density at radius 2 is 2.35 bits per heavy atom. The summed E-state index contributed by atoms with van der Waals surface area (Å²) in [6.45, 7) is 3.90. The second kappa shape index (κ2) is 5.14. The number of nitrogens with one attached hydrogen (secondary N) is 1. The predicted molar refractivity (Wildman–Crippen MR) is 76.2 cm³/mol. The van der Waals surface area contributed by atoms with E-state index in [0.29, 0.717) is 6.10 Å². The summed E-state index contributed by atoms with van der Waals surface area (Å²) in [7, 11) is 0. The van der Waals surface area contributed by atoms with E-state index >= 15 is 0 Å². The van der Waals surface area contributed by atoms with Crippen LogP contribution in [0.5, 0.6) is 0 Å². The first-order chi connectivity index (χ1) is 9.90. The lowest BCUT2D eigenvalue weighted by Crippen LogP contribution is -2.46. The Labute approximate surface area is 118 Å². The summed E-state index contributed by atoms with van der Waals surface area (Å²) in [4.78, 5) is 14.1. The van der Waals surface area contributed by atoms with Crippen molar-refractivity contribution in [2.24, 2.45) is 5.92 Å². The highest BCUT2D eigenvalue weighted by Gasteiger charge is 2.31. The number of ether oxygens (including phenoxy) is 1. The number of morpholine rings is 1. The smallest absolute Gasteiger partial charge is 0.140 e. The van der Waals surface area contributed by atoms with Gasteiger partial charge in [0.25, 0.3) is 0 Å². The van der Waals surface area contributed by atoms with Crippen molar-refractivity contribution in [3.63, 3.8) is 0 Å². The molecule has 5 nitrogen and oxygen atoms in total. The summed E-state index contributed by atoms with van der Waals surface area (Å²) in [6, 6.07) is 0. The molecular formula is C15H20N4O. The van der Waals surface area contributed by atoms with Crippen LogP contribution in [-0.2, 0) is 11.3 Å². The van der Waals surface area contributed by atoms with Gasteiger partial charge in [-0.3, -0.25) is 4.90 Å². The van der Waals surface area contributed by atoms with Gasteiger partial charge in [0.15, 0.2) is 0 Å². The Kier molecular flexibility index (Phi) is 3.16. The highest BCUT2D eigenvalue weighted by molar-refractivity contribution is 5.78. The zero-order valence-electron chi connectivity index (χ0n) is 11.6. The third-order valence-corrected chi connectivity index (χ3v) is 4.69. The van der Waals surface area contributed by atoms with Crippen LogP contribution >= 0.6 is 0 Å². The minimum Gasteiger partial charge on any atom is -0.375 e. The van der Waals surface area contributed by atoms with Crippen molar-refractivity contribution >= 4 is 11.0 Å². The number of hydrogen-bond donors (Lipinski definition) is 1. The van der Waals surface area contributed by atoms with Crippen molar-refractivity contribution < 1.29 is 4.74 Å². The third kappa shape index (κ3) is 2.21. The maximum Gasteiger partial charge on any atom is 0.140 e. The number of aromatic amines is 1. The SMILES string of the molecule is c1ncc2c(CN3CCOC(C4CCC4)C3)c[nH]c2n1. The standard InChI is InChI=1S/C15H20N4O/c1-2-11(3-1)14-9-19(4-5-20-14)8-12-6-17-15-13(12)7-16-10-18-15/h6-7,10-11,14H,1-5,8-9H2,(H,16,17,18). The van der Waals surface area contributed by atoms with Crippen LogP contribution in [0, 0.1) is 5.92 Å². The molecule has 0 spiro atoms. The lowest BCUT2D eigenvalue weighted by molar-refractivity contribution is -0.0764. The van der Waals surface area contributed by atoms with Crippen molar-refractivity contribution in [2.45, 2.75) is 31.9 Å². The molecule has 2 fully saturated rings. The zero-order valence-corrected chi connectivity index (χ0v) is 11.6. The zero-order chi connectivity index (χ0) is 13.4. The van der Waals surface area contributed by atoms with Crippen LogP contribution in [0.4, 0.5) is 0 Å². The molecule has 2 aromatic rings. The molecule has 2 aromatic heterocycles. The van der Waals surface area contributed by atoms with Gasteiger partial charge in [0.05, 0.1) is 12.7 Å². The number of hydrogen-bond acceptors (Lipinski definition) is 4. The van der Waals surface area contributed by atoms with Crippen LogP contribution in [-0.4, -0.2) is 45.7 Å². The first-order valence-electron chi connectivity index (χ1n) is 7.50. The molecule has 1 aliphatic carbocycles. The number of fused-ring (bicyclic) bond motifs is 1. The summed E-state index contributed by atoms with van der Waals surface area (Å²) in [5.74, 6) is 0.795. The van der Waals surface area contributed by atoms with E-state index in [2.05, 4.69) is 26.0 Å². The Hall–Kier alpha value is -1.46. The van der Waals surface area contributed by atoms with Gasteiger partial charge in [-0.05, 0) is 24.3 Å². The average Bonchev–Trinajstić information content (AvgIpc) is 2.81. The number of aromatic nitrogens is 3. The molecule has 1 N–H and O–H groups in total. The normalized spacial score (nSPS) is 24.9. The van der Waals surface area contributed by atoms with Crippen LogP contribution < -0.4 is 0 Å². The minimum atomic E-state index is 0.443. The fourth-order valence-corrected chi connectivity index (χ4v) is 3.26. The van der Waals surface area contributed by atoms with Gasteiger partial charge in [0.2, 0.25) is 0 Å². The van der Waals surface area contributed by atoms with Crippen LogP contribution in [0.1, 0.15) is 24.8 Å². The quantitative estimate of drug-likeness (QED) is 0.928. The predicted octanol–water partition coefficient (Wildman–Crippen LogP) is 1.96. The molecule has 0 aromatic carbocycles. The molecule has 3 heterocycles. The van der Waals surface area contributed by atoms with E-state index < -0.39 is 0 Å². The Balaban J connectivity index is 1.47. The van der Waals surface area contributed by atoms with Crippen LogP contribution in [0.2, 0.25) is 0 Å². The lowest BCUT2D eigenvalue weighted by atomic mass is 9.80. The van der Waals surface area contributed by atoms with Crippen LogP contribution in [0.3, 0.4) is 0 Å². The second-order valence-electron chi connectivity index (χ2n) is 5.93. The van der Waals surface area contributed by atoms with Gasteiger partial charge in [-0.15, -0.1) is 0 Å². The van der Waals surface area contributed by atoms with E-state index in [4.69, 9.17) is 4.74 Å². The fraction of sp³-hybridized carbons (Fsp3) is 0.600. The van der Waals surface area contributed by atoms with Gasteiger partial charge in [0, 0.05) is 37.4 Å². The molecule has 5 heteroatoms. The maximum atomic E-state index is 5.94. The number of rotatable bonds is 3. The Morgan fingerprint density at radius 3 is 3.20 bits per heavy atom. The van der Waals surface area contributed by atoms with Crippen molar-refractivity contribution in [1.29, 1.82) is 0 Å². The molecule has 1 saturated carbocycles. The molecule has 1 atom stereocenters. The topological polar surface area (TPSA) is 54.0 Å². The van der Waals surface area contributed by atoms with E-state index in [-0.39, 0.29) is 0 Å². The van der Waals surface area contributed by atoms with Crippen LogP contribution in [0.15, 0.2) is 18.7 Å². The third-order valence-electron chi connectivity index (χ3n) is 4.69. The van der Waals surface area contributed by atoms with Gasteiger partial charge in [0.1, 0.15) is 12.0 Å². The molecule has 4 rings (SSSR count). The molecule has 0 bridgehead atoms. The van der Waals surface area contributed by atoms with Gasteiger partial charge < -0.3 is 9.72 Å². The molecule has 106 valence electrons. The maximum absolute atomic E-state index is 5.94. The van der Waals surface area contributed by atoms with Crippen LogP contribution in [0.25, 0.3) is 11.0 Å². The molecule has 0 radical (unpaired) electrons. The molecule has 2 aliphatic rings. The van der Waals surface area contributed by atoms with E-state index in [1.54, 1.807) is 6.33 Å². The van der Waals surface area contributed by atoms with Crippen molar-refractivity contribution in [2.75, 3.05) is 19.7 Å². The van der Waals surface area contributed by atoms with Crippen molar-refractivity contribution in [3.8, 4) is 0 Å². The number of nitrogens with zero attached hydrogens (tertiary/aromatic N) is 3. The summed E-state index contributed by atoms with van der Waals surface area (Å²) in [6.07, 6.45) is 10.1. The second-order valence-corrected chi connectivity index (χ2v) is 5.93. The molecule has 0 amide bonds. The average molecular weight is 272 g/mol. The molecular weight excluding hydrogens is 252 g/mol. The van der Waals surface area contributed by atoms with Gasteiger partial charge >= 0.3 is 0 Å². The molecule has 1 aliphatic heterocycles. The van der Waals surface area contributed by atoms with Crippen molar-refractivity contribution in [3.05, 3.63) is 24.3 Å². The molecule has 1 unspecified atom stereocenters. The molecule has 1 saturated heterocycles. The lowest BCUT2D eigenvalue weighted by Gasteiger charge is -2.40. The Bertz CT molecular complexity index is 592. The first-order valence-corrected chi connectivity index (χ1v) is 7.50. The highest BCUT2D eigenvalue weighted by atomic mass is 16.5. The Morgan fingerprint density at radius 1 is 1.40 bits per heavy atom. The van der Waals surface area contributed by atoms with Gasteiger partial charge in [-0.1, -0.05) is 6.42 Å². The number of H-pyrrole nitrogens is 1. The largest absolute Gasteiger partial charge is 0.375 e. The highest BCUT2D eigenvalue weighted by Crippen LogP contribution is 2.33. The summed E-state index contributed by atoms with van der Waals surface area (Å²) < 4.78 is 5.94. The monoisotopic (exact) mass is 272 g/mol. The van der Waals surface area contributed by atoms with Crippen molar-refractivity contribution in [1.82, 2.24) is 19.9 Å². The summed E-state index contributed by atoms with van der Waals surface area (Å²) in [5.41, 5.74) is 2.22.